The number of hydrogen-bond acceptors (Lipinski definition) is 6. The third kappa shape index (κ3) is 10.1. The van der Waals surface area contributed by atoms with Crippen LogP contribution in [0.15, 0.2) is 30.4 Å². The van der Waals surface area contributed by atoms with Gasteiger partial charge in [-0.15, -0.1) is 11.8 Å². The number of fused-ring (bicyclic) bond motifs is 3. The number of benzene rings is 1. The van der Waals surface area contributed by atoms with E-state index >= 15 is 0 Å². The first-order valence-electron chi connectivity index (χ1n) is 17.2. The molecule has 6 atom stereocenters. The predicted octanol–water partition coefficient (Wildman–Crippen LogP) is 8.34. The molecule has 1 amide bonds. The highest BCUT2D eigenvalue weighted by molar-refractivity contribution is 7.89. The summed E-state index contributed by atoms with van der Waals surface area (Å²) in [6.45, 7) is 27.1. The molecule has 3 rings (SSSR count). The van der Waals surface area contributed by atoms with Crippen LogP contribution in [-0.2, 0) is 30.1 Å². The molecule has 1 aliphatic carbocycles. The van der Waals surface area contributed by atoms with E-state index in [-0.39, 0.29) is 52.6 Å². The van der Waals surface area contributed by atoms with E-state index in [0.717, 1.165) is 30.4 Å². The Morgan fingerprint density at radius 1 is 1.11 bits per heavy atom. The summed E-state index contributed by atoms with van der Waals surface area (Å²) in [5, 5.41) is 0.164. The first-order chi connectivity index (χ1) is 21.5. The molecule has 1 fully saturated rings. The lowest BCUT2D eigenvalue weighted by atomic mass is 9.86. The molecule has 0 spiro atoms. The zero-order valence-electron chi connectivity index (χ0n) is 31.2. The van der Waals surface area contributed by atoms with Crippen molar-refractivity contribution in [3.05, 3.63) is 41.5 Å². The highest BCUT2D eigenvalue weighted by Gasteiger charge is 2.52. The smallest absolute Gasteiger partial charge is 0.233 e. The molecule has 1 saturated carbocycles. The standard InChI is InChI=1S/C37H61NO6SSi2/c1-14-15-18-26(2)30(43-46(10,11)36(3,4)5)24-23-28-31(44-47(12,13)37(6,7)8)25-32-34(28)29-21-16-19-27(35(29)42-32)20-17-22-33(39)38-45(9,40)41/h16,19,21,23-24,26,28,30-32,34H,17-18,20,22,25H2,1-13H3,(H,38,39)/b24-23+/t26-,28-,30+,31?,32-,34-/m0/s1. The number of ether oxygens (including phenoxy) is 1. The van der Waals surface area contributed by atoms with Crippen molar-refractivity contribution in [2.75, 3.05) is 6.26 Å². The molecule has 0 radical (unpaired) electrons. The summed E-state index contributed by atoms with van der Waals surface area (Å²) in [4.78, 5) is 12.1. The number of carbonyl (C=O) groups is 1. The SMILES string of the molecule is CC#CC[C@H](C)[C@@H](/C=C/[C@H]1C(O[Si](C)(C)C(C)(C)C)C[C@@H]2Oc3c(CCCC(=O)NS(C)(=O)=O)cccc3[C@@H]21)O[Si](C)(C)C(C)(C)C. The van der Waals surface area contributed by atoms with Crippen LogP contribution in [0.4, 0.5) is 0 Å². The Balaban J connectivity index is 1.98. The first-order valence-corrected chi connectivity index (χ1v) is 24.9. The Kier molecular flexibility index (Phi) is 12.5. The molecular weight excluding hydrogens is 643 g/mol. The van der Waals surface area contributed by atoms with Gasteiger partial charge in [0.15, 0.2) is 16.6 Å². The number of nitrogens with one attached hydrogen (secondary N) is 1. The van der Waals surface area contributed by atoms with Gasteiger partial charge in [0.25, 0.3) is 0 Å². The van der Waals surface area contributed by atoms with E-state index in [1.54, 1.807) is 0 Å². The van der Waals surface area contributed by atoms with Crippen LogP contribution in [0, 0.1) is 23.7 Å². The lowest BCUT2D eigenvalue weighted by molar-refractivity contribution is -0.119. The van der Waals surface area contributed by atoms with E-state index in [1.165, 1.54) is 5.56 Å². The maximum absolute atomic E-state index is 12.1. The van der Waals surface area contributed by atoms with Crippen molar-refractivity contribution in [1.29, 1.82) is 0 Å². The van der Waals surface area contributed by atoms with Crippen LogP contribution in [0.3, 0.4) is 0 Å². The van der Waals surface area contributed by atoms with Gasteiger partial charge in [-0.1, -0.05) is 78.8 Å². The Hall–Kier alpha value is -1.91. The van der Waals surface area contributed by atoms with Gasteiger partial charge in [-0.3, -0.25) is 9.52 Å². The molecule has 1 N–H and O–H groups in total. The quantitative estimate of drug-likeness (QED) is 0.126. The van der Waals surface area contributed by atoms with Gasteiger partial charge in [0, 0.05) is 36.7 Å². The molecule has 2 aliphatic rings. The van der Waals surface area contributed by atoms with Gasteiger partial charge in [0.2, 0.25) is 15.9 Å². The van der Waals surface area contributed by atoms with Crippen molar-refractivity contribution in [3.63, 3.8) is 0 Å². The summed E-state index contributed by atoms with van der Waals surface area (Å²) in [7, 11) is -7.71. The molecule has 10 heteroatoms. The topological polar surface area (TPSA) is 90.9 Å². The Morgan fingerprint density at radius 3 is 2.32 bits per heavy atom. The number of aryl methyl sites for hydroxylation is 1. The van der Waals surface area contributed by atoms with Gasteiger partial charge in [-0.25, -0.2) is 8.42 Å². The Bertz CT molecular complexity index is 1460. The van der Waals surface area contributed by atoms with Gasteiger partial charge in [-0.2, -0.15) is 0 Å². The number of hydrogen-bond donors (Lipinski definition) is 1. The van der Waals surface area contributed by atoms with Crippen molar-refractivity contribution in [3.8, 4) is 17.6 Å². The molecule has 1 aromatic rings. The minimum Gasteiger partial charge on any atom is -0.489 e. The Morgan fingerprint density at radius 2 is 1.74 bits per heavy atom. The maximum atomic E-state index is 12.1. The average Bonchev–Trinajstić information content (AvgIpc) is 3.43. The normalized spacial score (nSPS) is 23.0. The van der Waals surface area contributed by atoms with Crippen LogP contribution in [0.25, 0.3) is 0 Å². The summed E-state index contributed by atoms with van der Waals surface area (Å²) in [5.74, 6) is 7.28. The minimum absolute atomic E-state index is 0.00718. The molecule has 1 aliphatic heterocycles. The Labute approximate surface area is 288 Å². The van der Waals surface area contributed by atoms with Crippen molar-refractivity contribution in [1.82, 2.24) is 4.72 Å². The van der Waals surface area contributed by atoms with Gasteiger partial charge < -0.3 is 13.6 Å². The van der Waals surface area contributed by atoms with Crippen molar-refractivity contribution in [2.45, 2.75) is 148 Å². The van der Waals surface area contributed by atoms with E-state index in [0.29, 0.717) is 12.8 Å². The van der Waals surface area contributed by atoms with Gasteiger partial charge >= 0.3 is 0 Å². The second-order valence-corrected chi connectivity index (χ2v) is 28.0. The monoisotopic (exact) mass is 703 g/mol. The molecule has 0 saturated heterocycles. The van der Waals surface area contributed by atoms with Crippen LogP contribution in [-0.4, -0.2) is 55.5 Å². The number of rotatable bonds is 13. The van der Waals surface area contributed by atoms with E-state index < -0.39 is 32.6 Å². The van der Waals surface area contributed by atoms with Gasteiger partial charge in [0.1, 0.15) is 11.9 Å². The van der Waals surface area contributed by atoms with Gasteiger partial charge in [0.05, 0.1) is 18.5 Å². The zero-order valence-corrected chi connectivity index (χ0v) is 34.1. The highest BCUT2D eigenvalue weighted by Crippen LogP contribution is 2.54. The molecular formula is C37H61NO6SSi2. The largest absolute Gasteiger partial charge is 0.489 e. The van der Waals surface area contributed by atoms with E-state index in [1.807, 2.05) is 6.92 Å². The fourth-order valence-corrected chi connectivity index (χ4v) is 9.23. The predicted molar refractivity (Wildman–Crippen MR) is 198 cm³/mol. The molecule has 7 nitrogen and oxygen atoms in total. The van der Waals surface area contributed by atoms with Crippen molar-refractivity contribution in [2.24, 2.45) is 11.8 Å². The number of amides is 1. The molecule has 1 unspecified atom stereocenters. The number of carbonyl (C=O) groups excluding carboxylic acids is 1. The number of para-hydroxylation sites is 1. The van der Waals surface area contributed by atoms with E-state index in [9.17, 15) is 13.2 Å². The fourth-order valence-electron chi connectivity index (χ4n) is 6.00. The minimum atomic E-state index is -3.57. The fraction of sp³-hybridized carbons (Fsp3) is 0.703. The summed E-state index contributed by atoms with van der Waals surface area (Å²) in [6, 6.07) is 6.31. The van der Waals surface area contributed by atoms with Crippen LogP contribution in [0.2, 0.25) is 36.3 Å². The van der Waals surface area contributed by atoms with E-state index in [4.69, 9.17) is 13.6 Å². The van der Waals surface area contributed by atoms with Crippen LogP contribution < -0.4 is 9.46 Å². The summed E-state index contributed by atoms with van der Waals surface area (Å²) in [6.07, 6.45) is 8.51. The van der Waals surface area contributed by atoms with Crippen LogP contribution >= 0.6 is 0 Å². The third-order valence-corrected chi connectivity index (χ3v) is 20.4. The maximum Gasteiger partial charge on any atom is 0.233 e. The molecule has 1 heterocycles. The summed E-state index contributed by atoms with van der Waals surface area (Å²) in [5.41, 5.74) is 2.25. The van der Waals surface area contributed by atoms with Crippen molar-refractivity contribution >= 4 is 32.6 Å². The zero-order chi connectivity index (χ0) is 35.6. The lowest BCUT2D eigenvalue weighted by Gasteiger charge is -2.41. The summed E-state index contributed by atoms with van der Waals surface area (Å²) < 4.78 is 45.9. The third-order valence-electron chi connectivity index (χ3n) is 10.8. The van der Waals surface area contributed by atoms with Crippen LogP contribution in [0.5, 0.6) is 5.75 Å². The lowest BCUT2D eigenvalue weighted by Crippen LogP contribution is -2.45. The second kappa shape index (κ2) is 14.9. The molecule has 1 aromatic carbocycles. The molecule has 47 heavy (non-hydrogen) atoms. The highest BCUT2D eigenvalue weighted by atomic mass is 32.2. The number of sulfonamides is 1. The van der Waals surface area contributed by atoms with E-state index in [2.05, 4.69) is 122 Å². The second-order valence-electron chi connectivity index (χ2n) is 16.7. The van der Waals surface area contributed by atoms with Gasteiger partial charge in [-0.05, 0) is 67.5 Å². The van der Waals surface area contributed by atoms with Crippen LogP contribution in [0.1, 0.15) is 98.1 Å². The molecule has 0 aromatic heterocycles. The van der Waals surface area contributed by atoms with Crippen molar-refractivity contribution < 1.29 is 26.8 Å². The molecule has 264 valence electrons. The first kappa shape index (κ1) is 39.5. The average molecular weight is 704 g/mol. The molecule has 0 bridgehead atoms. The summed E-state index contributed by atoms with van der Waals surface area (Å²) >= 11 is 0.